The molecule has 0 aliphatic heterocycles. The minimum absolute atomic E-state index is 0.138. The van der Waals surface area contributed by atoms with Crippen molar-refractivity contribution < 1.29 is 13.2 Å². The van der Waals surface area contributed by atoms with Gasteiger partial charge in [-0.15, -0.1) is 0 Å². The highest BCUT2D eigenvalue weighted by Crippen LogP contribution is 2.25. The summed E-state index contributed by atoms with van der Waals surface area (Å²) in [4.78, 5) is 12.2. The third-order valence-electron chi connectivity index (χ3n) is 3.71. The lowest BCUT2D eigenvalue weighted by atomic mass is 10.1. The molecule has 0 fully saturated rings. The van der Waals surface area contributed by atoms with Crippen molar-refractivity contribution in [3.05, 3.63) is 64.2 Å². The predicted molar refractivity (Wildman–Crippen MR) is 102 cm³/mol. The average molecular weight is 381 g/mol. The fourth-order valence-corrected chi connectivity index (χ4v) is 3.73. The molecule has 7 heteroatoms. The third kappa shape index (κ3) is 5.21. The largest absolute Gasteiger partial charge is 0.350 e. The van der Waals surface area contributed by atoms with E-state index >= 15 is 0 Å². The molecule has 0 atom stereocenters. The Morgan fingerprint density at radius 3 is 2.48 bits per heavy atom. The lowest BCUT2D eigenvalue weighted by molar-refractivity contribution is 0.0954. The molecule has 134 valence electrons. The summed E-state index contributed by atoms with van der Waals surface area (Å²) in [7, 11) is -3.48. The first kappa shape index (κ1) is 19.3. The molecule has 1 amide bonds. The molecule has 0 spiro atoms. The molecule has 0 aromatic heterocycles. The number of nitrogens with one attached hydrogen (secondary N) is 1. The second-order valence-electron chi connectivity index (χ2n) is 5.89. The Bertz CT molecular complexity index is 882. The first-order chi connectivity index (χ1) is 11.7. The maximum atomic E-state index is 12.2. The van der Waals surface area contributed by atoms with Crippen LogP contribution >= 0.6 is 11.6 Å². The van der Waals surface area contributed by atoms with E-state index in [0.717, 1.165) is 17.4 Å². The number of hydrogen-bond donors (Lipinski definition) is 1. The topological polar surface area (TPSA) is 66.5 Å². The molecular formula is C18H21ClN2O3S. The van der Waals surface area contributed by atoms with E-state index in [1.165, 1.54) is 4.31 Å². The number of aryl methyl sites for hydroxylation is 2. The molecule has 1 N–H and O–H groups in total. The zero-order valence-corrected chi connectivity index (χ0v) is 16.0. The van der Waals surface area contributed by atoms with Crippen LogP contribution in [0.4, 0.5) is 5.69 Å². The van der Waals surface area contributed by atoms with Crippen molar-refractivity contribution in [1.82, 2.24) is 5.32 Å². The van der Waals surface area contributed by atoms with E-state index in [1.54, 1.807) is 37.3 Å². The Morgan fingerprint density at radius 1 is 1.16 bits per heavy atom. The average Bonchev–Trinajstić information content (AvgIpc) is 2.51. The fraction of sp³-hybridized carbons (Fsp3) is 0.278. The van der Waals surface area contributed by atoms with Crippen molar-refractivity contribution in [2.24, 2.45) is 0 Å². The number of sulfonamides is 1. The molecule has 25 heavy (non-hydrogen) atoms. The minimum Gasteiger partial charge on any atom is -0.350 e. The van der Waals surface area contributed by atoms with Crippen molar-refractivity contribution >= 4 is 33.2 Å². The quantitative estimate of drug-likeness (QED) is 0.837. The van der Waals surface area contributed by atoms with E-state index in [9.17, 15) is 13.2 Å². The fourth-order valence-electron chi connectivity index (χ4n) is 2.52. The number of carbonyl (C=O) groups is 1. The van der Waals surface area contributed by atoms with Crippen molar-refractivity contribution in [2.45, 2.75) is 13.8 Å². The first-order valence-corrected chi connectivity index (χ1v) is 10.00. The van der Waals surface area contributed by atoms with Gasteiger partial charge in [0.1, 0.15) is 0 Å². The van der Waals surface area contributed by atoms with Gasteiger partial charge in [0.25, 0.3) is 5.91 Å². The second kappa shape index (κ2) is 7.89. The standard InChI is InChI=1S/C18H21ClN2O3S/c1-13-5-4-6-15(11-13)18(22)20-9-10-21(25(3,23)24)17-8-7-16(19)12-14(17)2/h4-8,11-12H,9-10H2,1-3H3,(H,20,22). The number of rotatable bonds is 6. The Balaban J connectivity index is 2.10. The minimum atomic E-state index is -3.48. The Hall–Kier alpha value is -2.05. The van der Waals surface area contributed by atoms with E-state index in [-0.39, 0.29) is 19.0 Å². The normalized spacial score (nSPS) is 11.2. The zero-order chi connectivity index (χ0) is 18.6. The second-order valence-corrected chi connectivity index (χ2v) is 8.23. The highest BCUT2D eigenvalue weighted by molar-refractivity contribution is 7.92. The number of halogens is 1. The van der Waals surface area contributed by atoms with Crippen LogP contribution in [0.2, 0.25) is 5.02 Å². The molecule has 0 heterocycles. The molecule has 0 aliphatic rings. The Kier molecular flexibility index (Phi) is 6.08. The van der Waals surface area contributed by atoms with Gasteiger partial charge in [0.15, 0.2) is 0 Å². The summed E-state index contributed by atoms with van der Waals surface area (Å²) in [6, 6.07) is 12.2. The lowest BCUT2D eigenvalue weighted by Crippen LogP contribution is -2.38. The third-order valence-corrected chi connectivity index (χ3v) is 5.12. The van der Waals surface area contributed by atoms with Crippen LogP contribution < -0.4 is 9.62 Å². The molecule has 0 bridgehead atoms. The van der Waals surface area contributed by atoms with Crippen molar-refractivity contribution in [3.8, 4) is 0 Å². The maximum Gasteiger partial charge on any atom is 0.251 e. The lowest BCUT2D eigenvalue weighted by Gasteiger charge is -2.24. The van der Waals surface area contributed by atoms with E-state index in [4.69, 9.17) is 11.6 Å². The summed E-state index contributed by atoms with van der Waals surface area (Å²) in [5, 5.41) is 3.30. The number of anilines is 1. The number of benzene rings is 2. The summed E-state index contributed by atoms with van der Waals surface area (Å²) >= 11 is 5.94. The van der Waals surface area contributed by atoms with Crippen LogP contribution in [0, 0.1) is 13.8 Å². The molecule has 0 unspecified atom stereocenters. The van der Waals surface area contributed by atoms with Crippen molar-refractivity contribution in [3.63, 3.8) is 0 Å². The zero-order valence-electron chi connectivity index (χ0n) is 14.4. The van der Waals surface area contributed by atoms with Gasteiger partial charge in [-0.2, -0.15) is 0 Å². The molecule has 2 aromatic rings. The van der Waals surface area contributed by atoms with Gasteiger partial charge in [0.2, 0.25) is 10.0 Å². The van der Waals surface area contributed by atoms with Crippen LogP contribution in [0.5, 0.6) is 0 Å². The van der Waals surface area contributed by atoms with E-state index < -0.39 is 10.0 Å². The van der Waals surface area contributed by atoms with E-state index in [1.807, 2.05) is 19.1 Å². The molecule has 0 saturated carbocycles. The van der Waals surface area contributed by atoms with Crippen LogP contribution in [-0.2, 0) is 10.0 Å². The summed E-state index contributed by atoms with van der Waals surface area (Å²) in [5.74, 6) is -0.232. The SMILES string of the molecule is Cc1cccc(C(=O)NCCN(c2ccc(Cl)cc2C)S(C)(=O)=O)c1. The number of amides is 1. The molecule has 0 aliphatic carbocycles. The Morgan fingerprint density at radius 2 is 1.88 bits per heavy atom. The van der Waals surface area contributed by atoms with Crippen LogP contribution in [0.1, 0.15) is 21.5 Å². The van der Waals surface area contributed by atoms with Crippen molar-refractivity contribution in [1.29, 1.82) is 0 Å². The van der Waals surface area contributed by atoms with Gasteiger partial charge in [-0.25, -0.2) is 8.42 Å². The van der Waals surface area contributed by atoms with E-state index in [2.05, 4.69) is 5.32 Å². The molecule has 0 saturated heterocycles. The summed E-state index contributed by atoms with van der Waals surface area (Å²) < 4.78 is 25.6. The van der Waals surface area contributed by atoms with Crippen LogP contribution in [0.3, 0.4) is 0 Å². The van der Waals surface area contributed by atoms with Crippen molar-refractivity contribution in [2.75, 3.05) is 23.7 Å². The number of nitrogens with zero attached hydrogens (tertiary/aromatic N) is 1. The summed E-state index contributed by atoms with van der Waals surface area (Å²) in [5.41, 5.74) is 2.84. The highest BCUT2D eigenvalue weighted by atomic mass is 35.5. The van der Waals surface area contributed by atoms with Gasteiger partial charge in [-0.3, -0.25) is 9.10 Å². The maximum absolute atomic E-state index is 12.2. The van der Waals surface area contributed by atoms with Gasteiger partial charge in [-0.1, -0.05) is 29.3 Å². The van der Waals surface area contributed by atoms with Gasteiger partial charge < -0.3 is 5.32 Å². The molecule has 2 aromatic carbocycles. The molecule has 0 radical (unpaired) electrons. The first-order valence-electron chi connectivity index (χ1n) is 7.77. The molecule has 5 nitrogen and oxygen atoms in total. The Labute approximate surface area is 153 Å². The van der Waals surface area contributed by atoms with Crippen LogP contribution in [-0.4, -0.2) is 33.7 Å². The molecule has 2 rings (SSSR count). The molecular weight excluding hydrogens is 360 g/mol. The number of hydrogen-bond acceptors (Lipinski definition) is 3. The smallest absolute Gasteiger partial charge is 0.251 e. The predicted octanol–water partition coefficient (Wildman–Crippen LogP) is 3.15. The highest BCUT2D eigenvalue weighted by Gasteiger charge is 2.19. The summed E-state index contributed by atoms with van der Waals surface area (Å²) in [6.45, 7) is 4.04. The van der Waals surface area contributed by atoms with Gasteiger partial charge in [-0.05, 0) is 49.7 Å². The van der Waals surface area contributed by atoms with Gasteiger partial charge in [0, 0.05) is 17.1 Å². The van der Waals surface area contributed by atoms with Gasteiger partial charge in [0.05, 0.1) is 18.5 Å². The number of carbonyl (C=O) groups excluding carboxylic acids is 1. The van der Waals surface area contributed by atoms with Gasteiger partial charge >= 0.3 is 0 Å². The van der Waals surface area contributed by atoms with Crippen LogP contribution in [0.15, 0.2) is 42.5 Å². The van der Waals surface area contributed by atoms with Crippen LogP contribution in [0.25, 0.3) is 0 Å². The van der Waals surface area contributed by atoms with E-state index in [0.29, 0.717) is 16.3 Å². The monoisotopic (exact) mass is 380 g/mol. The summed E-state index contributed by atoms with van der Waals surface area (Å²) in [6.07, 6.45) is 1.14.